The molecule has 0 bridgehead atoms. The van der Waals surface area contributed by atoms with Crippen molar-refractivity contribution in [3.8, 4) is 0 Å². The summed E-state index contributed by atoms with van der Waals surface area (Å²) in [6, 6.07) is 0. The lowest BCUT2D eigenvalue weighted by Crippen LogP contribution is -2.35. The normalized spacial score (nSPS) is 21.6. The van der Waals surface area contributed by atoms with Gasteiger partial charge in [0.05, 0.1) is 18.6 Å². The molecule has 0 amide bonds. The number of rotatable bonds is 5. The molecule has 0 aromatic carbocycles. The fourth-order valence-electron chi connectivity index (χ4n) is 2.78. The highest BCUT2D eigenvalue weighted by Crippen LogP contribution is 2.30. The molecule has 1 saturated carbocycles. The summed E-state index contributed by atoms with van der Waals surface area (Å²) in [7, 11) is 0. The van der Waals surface area contributed by atoms with E-state index >= 15 is 0 Å². The van der Waals surface area contributed by atoms with Gasteiger partial charge in [0.2, 0.25) is 0 Å². The van der Waals surface area contributed by atoms with Crippen LogP contribution in [-0.4, -0.2) is 23.8 Å². The van der Waals surface area contributed by atoms with Crippen LogP contribution in [0.15, 0.2) is 0 Å². The van der Waals surface area contributed by atoms with E-state index in [1.165, 1.54) is 25.7 Å². The van der Waals surface area contributed by atoms with Gasteiger partial charge in [0.25, 0.3) is 0 Å². The van der Waals surface area contributed by atoms with Gasteiger partial charge in [-0.15, -0.1) is 0 Å². The molecule has 0 heterocycles. The van der Waals surface area contributed by atoms with Crippen molar-refractivity contribution >= 4 is 5.97 Å². The van der Waals surface area contributed by atoms with Crippen molar-refractivity contribution in [1.82, 2.24) is 0 Å². The van der Waals surface area contributed by atoms with E-state index in [0.717, 1.165) is 12.8 Å². The third kappa shape index (κ3) is 4.30. The third-order valence-electron chi connectivity index (χ3n) is 3.82. The average molecular weight is 242 g/mol. The minimum absolute atomic E-state index is 0.230. The molecule has 1 rings (SSSR count). The third-order valence-corrected chi connectivity index (χ3v) is 3.82. The van der Waals surface area contributed by atoms with Crippen molar-refractivity contribution in [2.45, 2.75) is 64.9 Å². The summed E-state index contributed by atoms with van der Waals surface area (Å²) in [6.45, 7) is 4.15. The average Bonchev–Trinajstić information content (AvgIpc) is 2.58. The first kappa shape index (κ1) is 14.5. The maximum atomic E-state index is 11.8. The first-order valence-corrected chi connectivity index (χ1v) is 7.05. The molecule has 1 aliphatic rings. The van der Waals surface area contributed by atoms with E-state index in [2.05, 4.69) is 0 Å². The Morgan fingerprint density at radius 3 is 2.29 bits per heavy atom. The van der Waals surface area contributed by atoms with Crippen molar-refractivity contribution < 1.29 is 14.6 Å². The number of hydrogen-bond acceptors (Lipinski definition) is 3. The SMILES string of the molecule is CCOC(=O)C(CC)C(O)C1CCCCCC1. The minimum Gasteiger partial charge on any atom is -0.466 e. The van der Waals surface area contributed by atoms with Gasteiger partial charge in [0.15, 0.2) is 0 Å². The Morgan fingerprint density at radius 1 is 1.24 bits per heavy atom. The molecular weight excluding hydrogens is 216 g/mol. The molecule has 0 aromatic rings. The highest BCUT2D eigenvalue weighted by Gasteiger charge is 2.32. The molecule has 17 heavy (non-hydrogen) atoms. The molecule has 1 fully saturated rings. The number of carbonyl (C=O) groups is 1. The second-order valence-corrected chi connectivity index (χ2v) is 5.01. The van der Waals surface area contributed by atoms with E-state index in [1.54, 1.807) is 0 Å². The van der Waals surface area contributed by atoms with Crippen LogP contribution < -0.4 is 0 Å². The van der Waals surface area contributed by atoms with Gasteiger partial charge in [0.1, 0.15) is 0 Å². The number of aliphatic hydroxyl groups is 1. The van der Waals surface area contributed by atoms with Crippen LogP contribution in [0.1, 0.15) is 58.8 Å². The smallest absolute Gasteiger partial charge is 0.311 e. The Morgan fingerprint density at radius 2 is 1.82 bits per heavy atom. The predicted octanol–water partition coefficient (Wildman–Crippen LogP) is 2.91. The van der Waals surface area contributed by atoms with E-state index < -0.39 is 6.10 Å². The molecule has 100 valence electrons. The van der Waals surface area contributed by atoms with Gasteiger partial charge in [-0.05, 0) is 32.1 Å². The summed E-state index contributed by atoms with van der Waals surface area (Å²) in [6.07, 6.45) is 7.14. The molecule has 0 aromatic heterocycles. The zero-order chi connectivity index (χ0) is 12.7. The molecular formula is C14H26O3. The van der Waals surface area contributed by atoms with Crippen LogP contribution in [-0.2, 0) is 9.53 Å². The number of hydrogen-bond donors (Lipinski definition) is 1. The molecule has 0 radical (unpaired) electrons. The predicted molar refractivity (Wildman–Crippen MR) is 67.6 cm³/mol. The number of aliphatic hydroxyl groups excluding tert-OH is 1. The van der Waals surface area contributed by atoms with Gasteiger partial charge in [-0.1, -0.05) is 32.6 Å². The Hall–Kier alpha value is -0.570. The summed E-state index contributed by atoms with van der Waals surface area (Å²) < 4.78 is 5.04. The zero-order valence-electron chi connectivity index (χ0n) is 11.2. The van der Waals surface area contributed by atoms with Crippen LogP contribution in [0.3, 0.4) is 0 Å². The van der Waals surface area contributed by atoms with Crippen LogP contribution in [0.4, 0.5) is 0 Å². The van der Waals surface area contributed by atoms with E-state index in [-0.39, 0.29) is 17.8 Å². The largest absolute Gasteiger partial charge is 0.466 e. The highest BCUT2D eigenvalue weighted by atomic mass is 16.5. The lowest BCUT2D eigenvalue weighted by atomic mass is 9.84. The van der Waals surface area contributed by atoms with Gasteiger partial charge in [-0.3, -0.25) is 4.79 Å². The number of carbonyl (C=O) groups excluding carboxylic acids is 1. The van der Waals surface area contributed by atoms with Crippen molar-refractivity contribution in [3.05, 3.63) is 0 Å². The maximum Gasteiger partial charge on any atom is 0.311 e. The number of esters is 1. The van der Waals surface area contributed by atoms with Crippen LogP contribution in [0.5, 0.6) is 0 Å². The van der Waals surface area contributed by atoms with Crippen molar-refractivity contribution in [2.75, 3.05) is 6.61 Å². The Balaban J connectivity index is 2.56. The highest BCUT2D eigenvalue weighted by molar-refractivity contribution is 5.73. The second kappa shape index (κ2) is 7.70. The lowest BCUT2D eigenvalue weighted by molar-refractivity contribution is -0.153. The Labute approximate surface area is 105 Å². The van der Waals surface area contributed by atoms with Crippen LogP contribution >= 0.6 is 0 Å². The van der Waals surface area contributed by atoms with Gasteiger partial charge in [0, 0.05) is 0 Å². The van der Waals surface area contributed by atoms with Crippen LogP contribution in [0.2, 0.25) is 0 Å². The van der Waals surface area contributed by atoms with Crippen molar-refractivity contribution in [1.29, 1.82) is 0 Å². The molecule has 3 nitrogen and oxygen atoms in total. The molecule has 0 spiro atoms. The first-order valence-electron chi connectivity index (χ1n) is 7.05. The maximum absolute atomic E-state index is 11.8. The summed E-state index contributed by atoms with van der Waals surface area (Å²) in [5.41, 5.74) is 0. The van der Waals surface area contributed by atoms with E-state index in [1.807, 2.05) is 13.8 Å². The van der Waals surface area contributed by atoms with E-state index in [4.69, 9.17) is 4.74 Å². The molecule has 2 unspecified atom stereocenters. The topological polar surface area (TPSA) is 46.5 Å². The standard InChI is InChI=1S/C14H26O3/c1-3-12(14(16)17-4-2)13(15)11-9-7-5-6-8-10-11/h11-13,15H,3-10H2,1-2H3. The molecule has 2 atom stereocenters. The summed E-state index contributed by atoms with van der Waals surface area (Å²) in [5, 5.41) is 10.4. The molecule has 1 N–H and O–H groups in total. The molecule has 3 heteroatoms. The van der Waals surface area contributed by atoms with Crippen molar-refractivity contribution in [2.24, 2.45) is 11.8 Å². The quantitative estimate of drug-likeness (QED) is 0.595. The van der Waals surface area contributed by atoms with Gasteiger partial charge in [-0.2, -0.15) is 0 Å². The molecule has 0 aliphatic heterocycles. The van der Waals surface area contributed by atoms with Crippen molar-refractivity contribution in [3.63, 3.8) is 0 Å². The Kier molecular flexibility index (Phi) is 6.56. The monoisotopic (exact) mass is 242 g/mol. The van der Waals surface area contributed by atoms with Gasteiger partial charge >= 0.3 is 5.97 Å². The van der Waals surface area contributed by atoms with E-state index in [9.17, 15) is 9.90 Å². The summed E-state index contributed by atoms with van der Waals surface area (Å²) in [4.78, 5) is 11.8. The molecule has 1 aliphatic carbocycles. The number of ether oxygens (including phenoxy) is 1. The first-order chi connectivity index (χ1) is 8.20. The minimum atomic E-state index is -0.517. The fourth-order valence-corrected chi connectivity index (χ4v) is 2.78. The summed E-state index contributed by atoms with van der Waals surface area (Å²) >= 11 is 0. The Bertz CT molecular complexity index is 220. The molecule has 0 saturated heterocycles. The van der Waals surface area contributed by atoms with E-state index in [0.29, 0.717) is 13.0 Å². The fraction of sp³-hybridized carbons (Fsp3) is 0.929. The van der Waals surface area contributed by atoms with Gasteiger partial charge < -0.3 is 9.84 Å². The zero-order valence-corrected chi connectivity index (χ0v) is 11.2. The van der Waals surface area contributed by atoms with Gasteiger partial charge in [-0.25, -0.2) is 0 Å². The van der Waals surface area contributed by atoms with Crippen LogP contribution in [0, 0.1) is 11.8 Å². The van der Waals surface area contributed by atoms with Crippen LogP contribution in [0.25, 0.3) is 0 Å². The summed E-state index contributed by atoms with van der Waals surface area (Å²) in [5.74, 6) is -0.281. The lowest BCUT2D eigenvalue weighted by Gasteiger charge is -2.27. The second-order valence-electron chi connectivity index (χ2n) is 5.01.